The van der Waals surface area contributed by atoms with Crippen LogP contribution in [0.5, 0.6) is 11.5 Å². The second-order valence-corrected chi connectivity index (χ2v) is 5.08. The Morgan fingerprint density at radius 2 is 1.95 bits per heavy atom. The molecule has 0 fully saturated rings. The first-order valence-corrected chi connectivity index (χ1v) is 6.58. The summed E-state index contributed by atoms with van der Waals surface area (Å²) < 4.78 is 6.47. The van der Waals surface area contributed by atoms with Crippen molar-refractivity contribution in [2.75, 3.05) is 5.73 Å². The molecule has 2 rings (SSSR count). The summed E-state index contributed by atoms with van der Waals surface area (Å²) in [6, 6.07) is 12.0. The van der Waals surface area contributed by atoms with Crippen LogP contribution in [0.1, 0.15) is 22.8 Å². The Morgan fingerprint density at radius 3 is 2.60 bits per heavy atom. The van der Waals surface area contributed by atoms with E-state index in [2.05, 4.69) is 22.0 Å². The zero-order valence-electron chi connectivity index (χ0n) is 10.7. The summed E-state index contributed by atoms with van der Waals surface area (Å²) in [7, 11) is 0. The molecule has 0 aliphatic carbocycles. The molecule has 5 heteroatoms. The molecule has 2 aromatic carbocycles. The number of halogens is 1. The maximum Gasteiger partial charge on any atom is 0.163 e. The van der Waals surface area contributed by atoms with Gasteiger partial charge in [-0.2, -0.15) is 5.26 Å². The van der Waals surface area contributed by atoms with Crippen molar-refractivity contribution in [1.29, 1.82) is 5.26 Å². The minimum absolute atomic E-state index is 0.150. The molecule has 0 spiro atoms. The van der Waals surface area contributed by atoms with Crippen LogP contribution in [0, 0.1) is 11.3 Å². The molecule has 100 valence electrons. The first-order valence-electron chi connectivity index (χ1n) is 5.79. The van der Waals surface area contributed by atoms with E-state index in [9.17, 15) is 4.79 Å². The van der Waals surface area contributed by atoms with E-state index in [1.54, 1.807) is 36.4 Å². The van der Waals surface area contributed by atoms with Crippen LogP contribution in [0.3, 0.4) is 0 Å². The molecule has 4 nitrogen and oxygen atoms in total. The van der Waals surface area contributed by atoms with Gasteiger partial charge in [0.2, 0.25) is 0 Å². The van der Waals surface area contributed by atoms with Crippen molar-refractivity contribution in [3.8, 4) is 17.6 Å². The Kier molecular flexibility index (Phi) is 4.06. The Hall–Kier alpha value is -2.32. The summed E-state index contributed by atoms with van der Waals surface area (Å²) in [5.41, 5.74) is 6.92. The van der Waals surface area contributed by atoms with E-state index in [-0.39, 0.29) is 5.78 Å². The number of nitrogen functional groups attached to an aromatic ring is 1. The highest BCUT2D eigenvalue weighted by molar-refractivity contribution is 9.10. The minimum Gasteiger partial charge on any atom is -0.455 e. The Labute approximate surface area is 124 Å². The van der Waals surface area contributed by atoms with Crippen molar-refractivity contribution in [2.24, 2.45) is 0 Å². The van der Waals surface area contributed by atoms with Crippen LogP contribution in [0.25, 0.3) is 0 Å². The highest BCUT2D eigenvalue weighted by Gasteiger charge is 2.12. The number of ether oxygens (including phenoxy) is 1. The van der Waals surface area contributed by atoms with Gasteiger partial charge in [-0.05, 0) is 43.3 Å². The van der Waals surface area contributed by atoms with Crippen molar-refractivity contribution in [3.63, 3.8) is 0 Å². The number of nitriles is 1. The molecule has 2 aromatic rings. The molecular weight excluding hydrogens is 320 g/mol. The number of carbonyl (C=O) groups excluding carboxylic acids is 1. The molecule has 0 heterocycles. The van der Waals surface area contributed by atoms with Gasteiger partial charge in [-0.15, -0.1) is 0 Å². The van der Waals surface area contributed by atoms with Gasteiger partial charge < -0.3 is 10.5 Å². The molecule has 0 aliphatic rings. The average Bonchev–Trinajstić information content (AvgIpc) is 2.42. The van der Waals surface area contributed by atoms with E-state index in [1.807, 2.05) is 0 Å². The Bertz CT molecular complexity index is 720. The number of carbonyl (C=O) groups is 1. The highest BCUT2D eigenvalue weighted by atomic mass is 79.9. The summed E-state index contributed by atoms with van der Waals surface area (Å²) >= 11 is 3.29. The molecule has 0 bridgehead atoms. The fourth-order valence-corrected chi connectivity index (χ4v) is 2.07. The predicted octanol–water partition coefficient (Wildman–Crippen LogP) is 3.90. The van der Waals surface area contributed by atoms with E-state index in [4.69, 9.17) is 15.7 Å². The van der Waals surface area contributed by atoms with E-state index in [0.717, 1.165) is 4.47 Å². The van der Waals surface area contributed by atoms with Crippen LogP contribution in [0.4, 0.5) is 5.69 Å². The van der Waals surface area contributed by atoms with Crippen LogP contribution in [0.15, 0.2) is 40.9 Å². The number of nitrogens with two attached hydrogens (primary N) is 1. The number of Topliss-reactive ketones (excluding diaryl/α,β-unsaturated/α-hetero) is 1. The number of benzene rings is 2. The number of nitrogens with zero attached hydrogens (tertiary/aromatic N) is 1. The standard InChI is InChI=1S/C15H11BrN2O2/c1-9(19)13-7-12(18)3-5-15(13)20-14-4-2-11(16)6-10(14)8-17/h2-7H,18H2,1H3. The van der Waals surface area contributed by atoms with Gasteiger partial charge in [-0.3, -0.25) is 4.79 Å². The van der Waals surface area contributed by atoms with E-state index < -0.39 is 0 Å². The Balaban J connectivity index is 2.45. The molecule has 0 aromatic heterocycles. The molecule has 0 radical (unpaired) electrons. The van der Waals surface area contributed by atoms with Gasteiger partial charge in [0.05, 0.1) is 11.1 Å². The third-order valence-corrected chi connectivity index (χ3v) is 3.16. The average molecular weight is 331 g/mol. The number of ketones is 1. The van der Waals surface area contributed by atoms with Gasteiger partial charge in [-0.1, -0.05) is 15.9 Å². The Morgan fingerprint density at radius 1 is 1.25 bits per heavy atom. The van der Waals surface area contributed by atoms with Gasteiger partial charge in [0.1, 0.15) is 17.6 Å². The molecule has 0 atom stereocenters. The van der Waals surface area contributed by atoms with Crippen LogP contribution in [0.2, 0.25) is 0 Å². The van der Waals surface area contributed by atoms with Crippen molar-refractivity contribution >= 4 is 27.4 Å². The summed E-state index contributed by atoms with van der Waals surface area (Å²) in [5, 5.41) is 9.11. The van der Waals surface area contributed by atoms with Gasteiger partial charge in [0.25, 0.3) is 0 Å². The predicted molar refractivity (Wildman–Crippen MR) is 79.8 cm³/mol. The monoisotopic (exact) mass is 330 g/mol. The second kappa shape index (κ2) is 5.76. The minimum atomic E-state index is -0.150. The lowest BCUT2D eigenvalue weighted by Gasteiger charge is -2.11. The first-order chi connectivity index (χ1) is 9.51. The van der Waals surface area contributed by atoms with Crippen molar-refractivity contribution in [3.05, 3.63) is 52.0 Å². The largest absolute Gasteiger partial charge is 0.455 e. The highest BCUT2D eigenvalue weighted by Crippen LogP contribution is 2.31. The molecule has 0 saturated heterocycles. The number of anilines is 1. The maximum atomic E-state index is 11.6. The first kappa shape index (κ1) is 14.1. The lowest BCUT2D eigenvalue weighted by atomic mass is 10.1. The molecule has 2 N–H and O–H groups in total. The number of hydrogen-bond donors (Lipinski definition) is 1. The zero-order valence-corrected chi connectivity index (χ0v) is 12.3. The van der Waals surface area contributed by atoms with Crippen molar-refractivity contribution in [2.45, 2.75) is 6.92 Å². The molecule has 20 heavy (non-hydrogen) atoms. The summed E-state index contributed by atoms with van der Waals surface area (Å²) in [5.74, 6) is 0.622. The fourth-order valence-electron chi connectivity index (χ4n) is 1.71. The third-order valence-electron chi connectivity index (χ3n) is 2.66. The zero-order chi connectivity index (χ0) is 14.7. The molecule has 0 saturated carbocycles. The quantitative estimate of drug-likeness (QED) is 0.684. The summed E-state index contributed by atoms with van der Waals surface area (Å²) in [6.07, 6.45) is 0. The maximum absolute atomic E-state index is 11.6. The third kappa shape index (κ3) is 2.98. The lowest BCUT2D eigenvalue weighted by Crippen LogP contribution is -1.99. The van der Waals surface area contributed by atoms with Crippen molar-refractivity contribution < 1.29 is 9.53 Å². The normalized spacial score (nSPS) is 9.85. The molecular formula is C15H11BrN2O2. The van der Waals surface area contributed by atoms with E-state index in [0.29, 0.717) is 28.3 Å². The number of rotatable bonds is 3. The van der Waals surface area contributed by atoms with Gasteiger partial charge in [0, 0.05) is 10.2 Å². The second-order valence-electron chi connectivity index (χ2n) is 4.17. The smallest absolute Gasteiger partial charge is 0.163 e. The molecule has 0 amide bonds. The van der Waals surface area contributed by atoms with Crippen LogP contribution < -0.4 is 10.5 Å². The topological polar surface area (TPSA) is 76.1 Å². The SMILES string of the molecule is CC(=O)c1cc(N)ccc1Oc1ccc(Br)cc1C#N. The van der Waals surface area contributed by atoms with E-state index >= 15 is 0 Å². The van der Waals surface area contributed by atoms with Crippen LogP contribution in [-0.4, -0.2) is 5.78 Å². The molecule has 0 unspecified atom stereocenters. The fraction of sp³-hybridized carbons (Fsp3) is 0.0667. The number of hydrogen-bond acceptors (Lipinski definition) is 4. The van der Waals surface area contributed by atoms with Crippen LogP contribution in [-0.2, 0) is 0 Å². The van der Waals surface area contributed by atoms with E-state index in [1.165, 1.54) is 6.92 Å². The molecule has 0 aliphatic heterocycles. The summed E-state index contributed by atoms with van der Waals surface area (Å²) in [6.45, 7) is 1.44. The lowest BCUT2D eigenvalue weighted by molar-refractivity contribution is 0.101. The van der Waals surface area contributed by atoms with Gasteiger partial charge in [0.15, 0.2) is 5.78 Å². The van der Waals surface area contributed by atoms with Gasteiger partial charge in [-0.25, -0.2) is 0 Å². The van der Waals surface area contributed by atoms with Crippen LogP contribution >= 0.6 is 15.9 Å². The van der Waals surface area contributed by atoms with Crippen molar-refractivity contribution in [1.82, 2.24) is 0 Å². The summed E-state index contributed by atoms with van der Waals surface area (Å²) in [4.78, 5) is 11.6. The van der Waals surface area contributed by atoms with Gasteiger partial charge >= 0.3 is 0 Å².